The lowest BCUT2D eigenvalue weighted by Gasteiger charge is -2.26. The van der Waals surface area contributed by atoms with Gasteiger partial charge in [-0.2, -0.15) is 5.10 Å². The summed E-state index contributed by atoms with van der Waals surface area (Å²) >= 11 is 0. The Bertz CT molecular complexity index is 1690. The van der Waals surface area contributed by atoms with E-state index >= 15 is 0 Å². The molecule has 44 heavy (non-hydrogen) atoms. The van der Waals surface area contributed by atoms with Crippen molar-refractivity contribution in [2.75, 3.05) is 31.2 Å². The van der Waals surface area contributed by atoms with Gasteiger partial charge in [-0.1, -0.05) is 45.0 Å². The Morgan fingerprint density at radius 2 is 1.55 bits per heavy atom. The second-order valence-corrected chi connectivity index (χ2v) is 14.5. The molecular weight excluding hydrogens is 574 g/mol. The zero-order valence-electron chi connectivity index (χ0n) is 25.5. The number of ketones is 1. The zero-order valence-corrected chi connectivity index (χ0v) is 26.3. The van der Waals surface area contributed by atoms with E-state index in [0.717, 1.165) is 40.2 Å². The molecule has 1 N–H and O–H groups in total. The highest BCUT2D eigenvalue weighted by molar-refractivity contribution is 7.91. The van der Waals surface area contributed by atoms with Crippen molar-refractivity contribution in [3.8, 4) is 11.4 Å². The van der Waals surface area contributed by atoms with Gasteiger partial charge < -0.3 is 4.74 Å². The number of carbonyl (C=O) groups excluding carboxylic acids is 1. The lowest BCUT2D eigenvalue weighted by molar-refractivity contribution is -0.112. The number of ether oxygens (including phenoxy) is 1. The second kappa shape index (κ2) is 13.2. The molecule has 1 fully saturated rings. The van der Waals surface area contributed by atoms with E-state index in [4.69, 9.17) is 15.2 Å². The number of aromatic nitrogens is 3. The van der Waals surface area contributed by atoms with Crippen LogP contribution in [0.5, 0.6) is 5.75 Å². The van der Waals surface area contributed by atoms with Crippen LogP contribution in [0.2, 0.25) is 0 Å². The number of carbonyl (C=O) groups is 1. The highest BCUT2D eigenvalue weighted by atomic mass is 32.2. The molecule has 0 unspecified atom stereocenters. The van der Waals surface area contributed by atoms with Crippen molar-refractivity contribution in [3.05, 3.63) is 107 Å². The molecule has 0 radical (unpaired) electrons. The van der Waals surface area contributed by atoms with Gasteiger partial charge in [0.25, 0.3) is 0 Å². The Morgan fingerprint density at radius 3 is 2.18 bits per heavy atom. The number of pyridine rings is 1. The highest BCUT2D eigenvalue weighted by Gasteiger charge is 2.25. The van der Waals surface area contributed by atoms with Gasteiger partial charge in [-0.25, -0.2) is 13.1 Å². The van der Waals surface area contributed by atoms with E-state index in [1.165, 1.54) is 0 Å². The summed E-state index contributed by atoms with van der Waals surface area (Å²) in [5, 5.41) is 13.7. The molecule has 0 amide bonds. The van der Waals surface area contributed by atoms with Crippen molar-refractivity contribution < 1.29 is 17.9 Å². The Balaban J connectivity index is 1.25. The third-order valence-corrected chi connectivity index (χ3v) is 9.34. The van der Waals surface area contributed by atoms with E-state index in [9.17, 15) is 13.2 Å². The molecule has 0 spiro atoms. The number of nitrogens with zero attached hydrogens (tertiary/aromatic N) is 4. The fraction of sp³-hybridized carbons (Fsp3) is 0.353. The van der Waals surface area contributed by atoms with Crippen molar-refractivity contribution in [2.45, 2.75) is 45.6 Å². The van der Waals surface area contributed by atoms with Gasteiger partial charge in [0.15, 0.2) is 15.6 Å². The van der Waals surface area contributed by atoms with Crippen LogP contribution in [0, 0.1) is 5.41 Å². The fourth-order valence-electron chi connectivity index (χ4n) is 4.99. The van der Waals surface area contributed by atoms with E-state index in [-0.39, 0.29) is 34.8 Å². The molecule has 3 heterocycles. The normalized spacial score (nSPS) is 15.2. The van der Waals surface area contributed by atoms with E-state index in [1.54, 1.807) is 17.1 Å². The molecule has 4 aromatic rings. The molecule has 1 aliphatic rings. The van der Waals surface area contributed by atoms with Crippen LogP contribution in [0.1, 0.15) is 48.8 Å². The van der Waals surface area contributed by atoms with Crippen LogP contribution >= 0.6 is 0 Å². The van der Waals surface area contributed by atoms with Gasteiger partial charge in [0.1, 0.15) is 11.5 Å². The molecule has 2 aromatic carbocycles. The summed E-state index contributed by atoms with van der Waals surface area (Å²) in [7, 11) is -2.92. The van der Waals surface area contributed by atoms with E-state index < -0.39 is 9.84 Å². The smallest absolute Gasteiger partial charge is 0.187 e. The quantitative estimate of drug-likeness (QED) is 0.246. The maximum atomic E-state index is 13.3. The Labute approximate surface area is 259 Å². The lowest BCUT2D eigenvalue weighted by atomic mass is 9.92. The predicted molar refractivity (Wildman–Crippen MR) is 172 cm³/mol. The summed E-state index contributed by atoms with van der Waals surface area (Å²) in [6.45, 7) is 8.42. The van der Waals surface area contributed by atoms with Gasteiger partial charge in [0.2, 0.25) is 0 Å². The molecule has 9 nitrogen and oxygen atoms in total. The van der Waals surface area contributed by atoms with E-state index in [2.05, 4.69) is 30.7 Å². The zero-order chi connectivity index (χ0) is 31.3. The SMILES string of the molecule is CC(C)(C)c1cc(C(=N)C(=O)Cc2ccc(OCCc3ccncc3)cc2)n(-c2ccc(CN3CCS(=O)(=O)CC3)cc2)n1. The fourth-order valence-corrected chi connectivity index (χ4v) is 6.26. The average Bonchev–Trinajstić information content (AvgIpc) is 3.46. The van der Waals surface area contributed by atoms with Crippen LogP contribution in [-0.4, -0.2) is 70.8 Å². The minimum absolute atomic E-state index is 0.0933. The largest absolute Gasteiger partial charge is 0.493 e. The summed E-state index contributed by atoms with van der Waals surface area (Å²) in [4.78, 5) is 19.5. The molecule has 0 atom stereocenters. The summed E-state index contributed by atoms with van der Waals surface area (Å²) in [5.41, 5.74) is 4.65. The Morgan fingerprint density at radius 1 is 0.909 bits per heavy atom. The Kier molecular flexibility index (Phi) is 9.41. The molecule has 5 rings (SSSR count). The second-order valence-electron chi connectivity index (χ2n) is 12.2. The molecule has 0 aliphatic carbocycles. The first-order chi connectivity index (χ1) is 21.0. The van der Waals surface area contributed by atoms with E-state index in [1.807, 2.05) is 66.7 Å². The van der Waals surface area contributed by atoms with Gasteiger partial charge in [-0.15, -0.1) is 0 Å². The average molecular weight is 614 g/mol. The van der Waals surface area contributed by atoms with Crippen LogP contribution in [-0.2, 0) is 39.4 Å². The number of rotatable bonds is 11. The molecule has 1 saturated heterocycles. The Hall–Kier alpha value is -4.15. The third-order valence-electron chi connectivity index (χ3n) is 7.73. The van der Waals surface area contributed by atoms with Crippen LogP contribution in [0.4, 0.5) is 0 Å². The van der Waals surface area contributed by atoms with Crippen molar-refractivity contribution in [1.82, 2.24) is 19.7 Å². The maximum Gasteiger partial charge on any atom is 0.187 e. The minimum Gasteiger partial charge on any atom is -0.493 e. The van der Waals surface area contributed by atoms with Crippen LogP contribution in [0.15, 0.2) is 79.1 Å². The first-order valence-corrected chi connectivity index (χ1v) is 16.6. The molecule has 230 valence electrons. The van der Waals surface area contributed by atoms with E-state index in [0.29, 0.717) is 31.9 Å². The summed E-state index contributed by atoms with van der Waals surface area (Å²) in [6.07, 6.45) is 4.40. The van der Waals surface area contributed by atoms with Gasteiger partial charge in [0, 0.05) is 50.3 Å². The standard InChI is InChI=1S/C34H39N5O4S/c1-34(2,3)32-23-30(39(37-32)28-8-4-27(5-9-28)24-38-17-20-44(41,42)21-18-38)33(35)31(40)22-26-6-10-29(11-7-26)43-19-14-25-12-15-36-16-13-25/h4-13,15-16,23,35H,14,17-22,24H2,1-3H3. The van der Waals surface area contributed by atoms with Crippen LogP contribution < -0.4 is 4.74 Å². The third kappa shape index (κ3) is 8.06. The molecule has 2 aromatic heterocycles. The van der Waals surface area contributed by atoms with Gasteiger partial charge in [0.05, 0.1) is 35.2 Å². The summed E-state index contributed by atoms with van der Waals surface area (Å²) < 4.78 is 31.1. The van der Waals surface area contributed by atoms with Crippen LogP contribution in [0.3, 0.4) is 0 Å². The molecule has 1 aliphatic heterocycles. The first-order valence-electron chi connectivity index (χ1n) is 14.8. The topological polar surface area (TPSA) is 118 Å². The molecule has 0 bridgehead atoms. The number of benzene rings is 2. The summed E-state index contributed by atoms with van der Waals surface area (Å²) in [6, 6.07) is 21.0. The predicted octanol–water partition coefficient (Wildman–Crippen LogP) is 4.60. The maximum absolute atomic E-state index is 13.3. The number of sulfone groups is 1. The number of Topliss-reactive ketones (excluding diaryl/α,β-unsaturated/α-hetero) is 1. The van der Waals surface area contributed by atoms with Crippen molar-refractivity contribution in [3.63, 3.8) is 0 Å². The minimum atomic E-state index is -2.92. The molecule has 0 saturated carbocycles. The molecule has 10 heteroatoms. The summed E-state index contributed by atoms with van der Waals surface area (Å²) in [5.74, 6) is 0.818. The number of nitrogens with one attached hydrogen (secondary N) is 1. The van der Waals surface area contributed by atoms with Crippen molar-refractivity contribution in [1.29, 1.82) is 5.41 Å². The van der Waals surface area contributed by atoms with Crippen molar-refractivity contribution >= 4 is 21.3 Å². The van der Waals surface area contributed by atoms with Gasteiger partial charge in [-0.05, 0) is 59.2 Å². The van der Waals surface area contributed by atoms with Gasteiger partial charge >= 0.3 is 0 Å². The lowest BCUT2D eigenvalue weighted by Crippen LogP contribution is -2.39. The van der Waals surface area contributed by atoms with Crippen molar-refractivity contribution in [2.24, 2.45) is 0 Å². The molecular formula is C34H39N5O4S. The highest BCUT2D eigenvalue weighted by Crippen LogP contribution is 2.25. The van der Waals surface area contributed by atoms with Gasteiger partial charge in [-0.3, -0.25) is 20.1 Å². The monoisotopic (exact) mass is 613 g/mol. The van der Waals surface area contributed by atoms with Crippen LogP contribution in [0.25, 0.3) is 5.69 Å². The number of hydrogen-bond acceptors (Lipinski definition) is 8. The first kappa shape index (κ1) is 31.3. The number of hydrogen-bond donors (Lipinski definition) is 1.